The number of nitrogens with one attached hydrogen (secondary N) is 1. The van der Waals surface area contributed by atoms with Gasteiger partial charge in [0.1, 0.15) is 5.82 Å². The van der Waals surface area contributed by atoms with Crippen LogP contribution in [-0.2, 0) is 12.8 Å². The molecule has 110 valence electrons. The average Bonchev–Trinajstić information content (AvgIpc) is 2.54. The Kier molecular flexibility index (Phi) is 4.31. The fourth-order valence-corrected chi connectivity index (χ4v) is 2.60. The van der Waals surface area contributed by atoms with Gasteiger partial charge in [0.05, 0.1) is 0 Å². The Bertz CT molecular complexity index is 578. The van der Waals surface area contributed by atoms with E-state index in [1.165, 1.54) is 5.56 Å². The number of nitrogens with zero attached hydrogens (tertiary/aromatic N) is 3. The second-order valence-electron chi connectivity index (χ2n) is 5.30. The molecule has 1 fully saturated rings. The summed E-state index contributed by atoms with van der Waals surface area (Å²) < 4.78 is 0. The van der Waals surface area contributed by atoms with E-state index in [-0.39, 0.29) is 0 Å². The van der Waals surface area contributed by atoms with Crippen LogP contribution in [0.25, 0.3) is 0 Å². The number of benzene rings is 1. The lowest BCUT2D eigenvalue weighted by Gasteiger charge is -2.28. The van der Waals surface area contributed by atoms with Gasteiger partial charge in [-0.05, 0) is 18.4 Å². The first kappa shape index (κ1) is 13.8. The molecular formula is C16H21N5. The third-order valence-electron chi connectivity index (χ3n) is 3.74. The molecule has 0 amide bonds. The van der Waals surface area contributed by atoms with E-state index in [1.54, 1.807) is 0 Å². The SMILES string of the molecule is Nc1nc(CCc2ccccc2)cc(N2CCNCC2)n1. The Morgan fingerprint density at radius 1 is 1.05 bits per heavy atom. The molecule has 2 aromatic rings. The summed E-state index contributed by atoms with van der Waals surface area (Å²) in [5.41, 5.74) is 8.20. The maximum absolute atomic E-state index is 5.87. The van der Waals surface area contributed by atoms with Crippen molar-refractivity contribution in [3.8, 4) is 0 Å². The highest BCUT2D eigenvalue weighted by Gasteiger charge is 2.13. The van der Waals surface area contributed by atoms with Crippen molar-refractivity contribution in [2.24, 2.45) is 0 Å². The Morgan fingerprint density at radius 2 is 1.81 bits per heavy atom. The molecule has 0 saturated carbocycles. The van der Waals surface area contributed by atoms with Gasteiger partial charge in [-0.2, -0.15) is 4.98 Å². The molecule has 0 radical (unpaired) electrons. The van der Waals surface area contributed by atoms with Gasteiger partial charge in [-0.25, -0.2) is 4.98 Å². The van der Waals surface area contributed by atoms with Crippen molar-refractivity contribution in [1.29, 1.82) is 0 Å². The van der Waals surface area contributed by atoms with Gasteiger partial charge in [-0.1, -0.05) is 30.3 Å². The Hall–Kier alpha value is -2.14. The number of hydrogen-bond acceptors (Lipinski definition) is 5. The number of aryl methyl sites for hydroxylation is 2. The zero-order valence-electron chi connectivity index (χ0n) is 12.1. The van der Waals surface area contributed by atoms with Crippen molar-refractivity contribution in [3.05, 3.63) is 47.7 Å². The molecule has 0 bridgehead atoms. The number of aromatic nitrogens is 2. The van der Waals surface area contributed by atoms with E-state index in [9.17, 15) is 0 Å². The highest BCUT2D eigenvalue weighted by Crippen LogP contribution is 2.16. The van der Waals surface area contributed by atoms with E-state index in [1.807, 2.05) is 6.07 Å². The molecule has 1 aromatic heterocycles. The minimum Gasteiger partial charge on any atom is -0.368 e. The van der Waals surface area contributed by atoms with Crippen LogP contribution in [0, 0.1) is 0 Å². The Balaban J connectivity index is 1.71. The summed E-state index contributed by atoms with van der Waals surface area (Å²) in [5.74, 6) is 1.32. The Labute approximate surface area is 125 Å². The second kappa shape index (κ2) is 6.54. The van der Waals surface area contributed by atoms with E-state index < -0.39 is 0 Å². The third kappa shape index (κ3) is 3.70. The predicted molar refractivity (Wildman–Crippen MR) is 85.4 cm³/mol. The van der Waals surface area contributed by atoms with E-state index in [2.05, 4.69) is 50.5 Å². The largest absolute Gasteiger partial charge is 0.368 e. The van der Waals surface area contributed by atoms with E-state index in [0.717, 1.165) is 50.5 Å². The molecule has 3 rings (SSSR count). The monoisotopic (exact) mass is 283 g/mol. The first-order valence-corrected chi connectivity index (χ1v) is 7.44. The smallest absolute Gasteiger partial charge is 0.222 e. The predicted octanol–water partition coefficient (Wildman–Crippen LogP) is 1.25. The molecule has 0 unspecified atom stereocenters. The van der Waals surface area contributed by atoms with Crippen molar-refractivity contribution in [2.75, 3.05) is 36.8 Å². The summed E-state index contributed by atoms with van der Waals surface area (Å²) in [4.78, 5) is 11.0. The topological polar surface area (TPSA) is 67.1 Å². The molecule has 5 nitrogen and oxygen atoms in total. The van der Waals surface area contributed by atoms with Crippen molar-refractivity contribution < 1.29 is 0 Å². The first-order chi connectivity index (χ1) is 10.3. The van der Waals surface area contributed by atoms with Gasteiger partial charge in [0.15, 0.2) is 0 Å². The van der Waals surface area contributed by atoms with Crippen LogP contribution in [-0.4, -0.2) is 36.1 Å². The van der Waals surface area contributed by atoms with Crippen LogP contribution in [0.4, 0.5) is 11.8 Å². The lowest BCUT2D eigenvalue weighted by Crippen LogP contribution is -2.44. The van der Waals surface area contributed by atoms with Crippen molar-refractivity contribution in [3.63, 3.8) is 0 Å². The van der Waals surface area contributed by atoms with Gasteiger partial charge in [0, 0.05) is 37.9 Å². The lowest BCUT2D eigenvalue weighted by atomic mass is 10.1. The molecule has 0 atom stereocenters. The maximum Gasteiger partial charge on any atom is 0.222 e. The number of nitrogen functional groups attached to an aromatic ring is 1. The molecule has 1 saturated heterocycles. The molecule has 1 aliphatic heterocycles. The maximum atomic E-state index is 5.87. The Morgan fingerprint density at radius 3 is 2.57 bits per heavy atom. The van der Waals surface area contributed by atoms with Gasteiger partial charge in [0.2, 0.25) is 5.95 Å². The quantitative estimate of drug-likeness (QED) is 0.884. The van der Waals surface area contributed by atoms with Crippen LogP contribution in [0.2, 0.25) is 0 Å². The van der Waals surface area contributed by atoms with Crippen molar-refractivity contribution >= 4 is 11.8 Å². The molecule has 2 heterocycles. The molecule has 0 aliphatic carbocycles. The minimum absolute atomic E-state index is 0.370. The molecule has 21 heavy (non-hydrogen) atoms. The normalized spacial score (nSPS) is 15.1. The second-order valence-corrected chi connectivity index (χ2v) is 5.30. The molecule has 1 aliphatic rings. The van der Waals surface area contributed by atoms with E-state index in [4.69, 9.17) is 5.73 Å². The van der Waals surface area contributed by atoms with Crippen LogP contribution in [0.5, 0.6) is 0 Å². The van der Waals surface area contributed by atoms with Crippen molar-refractivity contribution in [1.82, 2.24) is 15.3 Å². The lowest BCUT2D eigenvalue weighted by molar-refractivity contribution is 0.584. The summed E-state index contributed by atoms with van der Waals surface area (Å²) >= 11 is 0. The summed E-state index contributed by atoms with van der Waals surface area (Å²) in [7, 11) is 0. The van der Waals surface area contributed by atoms with Gasteiger partial charge in [-0.3, -0.25) is 0 Å². The summed E-state index contributed by atoms with van der Waals surface area (Å²) in [6, 6.07) is 12.5. The standard InChI is InChI=1S/C16H21N5/c17-16-19-14(7-6-13-4-2-1-3-5-13)12-15(20-16)21-10-8-18-9-11-21/h1-5,12,18H,6-11H2,(H2,17,19,20). The number of rotatable bonds is 4. The minimum atomic E-state index is 0.370. The van der Waals surface area contributed by atoms with Gasteiger partial charge >= 0.3 is 0 Å². The van der Waals surface area contributed by atoms with Crippen LogP contribution >= 0.6 is 0 Å². The van der Waals surface area contributed by atoms with Crippen molar-refractivity contribution in [2.45, 2.75) is 12.8 Å². The van der Waals surface area contributed by atoms with Crippen LogP contribution in [0.3, 0.4) is 0 Å². The summed E-state index contributed by atoms with van der Waals surface area (Å²) in [5, 5.41) is 3.34. The summed E-state index contributed by atoms with van der Waals surface area (Å²) in [6.07, 6.45) is 1.86. The molecule has 0 spiro atoms. The van der Waals surface area contributed by atoms with E-state index >= 15 is 0 Å². The fourth-order valence-electron chi connectivity index (χ4n) is 2.60. The molecule has 1 aromatic carbocycles. The van der Waals surface area contributed by atoms with Crippen LogP contribution < -0.4 is 16.0 Å². The van der Waals surface area contributed by atoms with Gasteiger partial charge in [-0.15, -0.1) is 0 Å². The number of anilines is 2. The molecule has 3 N–H and O–H groups in total. The van der Waals surface area contributed by atoms with E-state index in [0.29, 0.717) is 5.95 Å². The zero-order valence-corrected chi connectivity index (χ0v) is 12.1. The van der Waals surface area contributed by atoms with Crippen LogP contribution in [0.1, 0.15) is 11.3 Å². The third-order valence-corrected chi connectivity index (χ3v) is 3.74. The number of nitrogens with two attached hydrogens (primary N) is 1. The highest BCUT2D eigenvalue weighted by molar-refractivity contribution is 5.44. The van der Waals surface area contributed by atoms with Crippen LogP contribution in [0.15, 0.2) is 36.4 Å². The fraction of sp³-hybridized carbons (Fsp3) is 0.375. The molecular weight excluding hydrogens is 262 g/mol. The van der Waals surface area contributed by atoms with Gasteiger partial charge in [0.25, 0.3) is 0 Å². The average molecular weight is 283 g/mol. The highest BCUT2D eigenvalue weighted by atomic mass is 15.2. The summed E-state index contributed by atoms with van der Waals surface area (Å²) in [6.45, 7) is 3.91. The zero-order chi connectivity index (χ0) is 14.5. The molecule has 5 heteroatoms. The number of piperazine rings is 1. The van der Waals surface area contributed by atoms with Gasteiger partial charge < -0.3 is 16.0 Å². The first-order valence-electron chi connectivity index (χ1n) is 7.44. The number of hydrogen-bond donors (Lipinski definition) is 2.